The first-order valence-corrected chi connectivity index (χ1v) is 10.6. The van der Waals surface area contributed by atoms with Crippen LogP contribution >= 0.6 is 0 Å². The highest BCUT2D eigenvalue weighted by molar-refractivity contribution is 6.55. The van der Waals surface area contributed by atoms with Gasteiger partial charge in [-0.05, 0) is 57.8 Å². The Bertz CT molecular complexity index is 440. The van der Waals surface area contributed by atoms with Crippen molar-refractivity contribution in [3.8, 4) is 11.8 Å². The van der Waals surface area contributed by atoms with Gasteiger partial charge < -0.3 is 14.8 Å². The maximum Gasteiger partial charge on any atom is 0.197 e. The molecule has 1 aromatic rings. The molecule has 0 radical (unpaired) electrons. The lowest BCUT2D eigenvalue weighted by Crippen LogP contribution is -2.35. The Balaban J connectivity index is 1.96. The number of aromatic nitrogens is 1. The van der Waals surface area contributed by atoms with E-state index in [1.165, 1.54) is 12.1 Å². The minimum absolute atomic E-state index is 0.310. The van der Waals surface area contributed by atoms with Gasteiger partial charge in [-0.1, -0.05) is 13.8 Å². The number of aromatic hydroxyl groups is 2. The van der Waals surface area contributed by atoms with Crippen LogP contribution in [0.25, 0.3) is 0 Å². The largest absolute Gasteiger partial charge is 0.494 e. The lowest BCUT2D eigenvalue weighted by atomic mass is 9.95. The van der Waals surface area contributed by atoms with E-state index in [9.17, 15) is 10.2 Å². The van der Waals surface area contributed by atoms with Gasteiger partial charge in [-0.15, -0.1) is 0 Å². The molecule has 1 aliphatic rings. The van der Waals surface area contributed by atoms with Crippen LogP contribution < -0.4 is 0 Å². The summed E-state index contributed by atoms with van der Waals surface area (Å²) in [6, 6.07) is 2.61. The van der Waals surface area contributed by atoms with Crippen molar-refractivity contribution in [1.82, 2.24) is 9.13 Å². The van der Waals surface area contributed by atoms with E-state index in [1.54, 1.807) is 4.57 Å². The van der Waals surface area contributed by atoms with Crippen LogP contribution in [0.1, 0.15) is 44.2 Å². The first-order valence-electron chi connectivity index (χ1n) is 8.42. The molecular formula is C16H30N2O2Si. The Morgan fingerprint density at radius 1 is 1.05 bits per heavy atom. The summed E-state index contributed by atoms with van der Waals surface area (Å²) in [7, 11) is 1.48. The molecule has 2 rings (SSSR count). The van der Waals surface area contributed by atoms with Gasteiger partial charge in [0.2, 0.25) is 0 Å². The number of hydrogen-bond donors (Lipinski definition) is 2. The highest BCUT2D eigenvalue weighted by atomic mass is 28.3. The molecule has 1 heterocycles. The van der Waals surface area contributed by atoms with E-state index in [2.05, 4.69) is 25.5 Å². The molecule has 0 bridgehead atoms. The van der Waals surface area contributed by atoms with Crippen molar-refractivity contribution < 1.29 is 10.2 Å². The number of rotatable bonds is 7. The molecular weight excluding hydrogens is 280 g/mol. The first-order chi connectivity index (χ1) is 10.1. The first kappa shape index (κ1) is 16.4. The van der Waals surface area contributed by atoms with Gasteiger partial charge in [-0.2, -0.15) is 0 Å². The quantitative estimate of drug-likeness (QED) is 0.761. The smallest absolute Gasteiger partial charge is 0.197 e. The van der Waals surface area contributed by atoms with Gasteiger partial charge >= 0.3 is 0 Å². The van der Waals surface area contributed by atoms with Crippen molar-refractivity contribution in [1.29, 1.82) is 0 Å². The molecule has 0 atom stereocenters. The zero-order chi connectivity index (χ0) is 15.4. The van der Waals surface area contributed by atoms with Gasteiger partial charge in [-0.3, -0.25) is 4.57 Å². The molecule has 2 N–H and O–H groups in total. The van der Waals surface area contributed by atoms with Gasteiger partial charge in [0.15, 0.2) is 11.8 Å². The zero-order valence-corrected chi connectivity index (χ0v) is 14.9. The molecule has 0 saturated heterocycles. The fraction of sp³-hybridized carbons (Fsp3) is 0.750. The summed E-state index contributed by atoms with van der Waals surface area (Å²) in [4.78, 5) is 0. The Morgan fingerprint density at radius 3 is 2.05 bits per heavy atom. The van der Waals surface area contributed by atoms with Crippen molar-refractivity contribution in [2.45, 2.75) is 64.6 Å². The van der Waals surface area contributed by atoms with Crippen molar-refractivity contribution >= 4 is 8.96 Å². The predicted octanol–water partition coefficient (Wildman–Crippen LogP) is 2.86. The van der Waals surface area contributed by atoms with Crippen LogP contribution in [0.2, 0.25) is 12.1 Å². The summed E-state index contributed by atoms with van der Waals surface area (Å²) in [5.41, 5.74) is 1.97. The van der Waals surface area contributed by atoms with Gasteiger partial charge in [0, 0.05) is 17.7 Å². The molecule has 120 valence electrons. The maximum absolute atomic E-state index is 10.3. The summed E-state index contributed by atoms with van der Waals surface area (Å²) in [5.74, 6) is 0.620. The van der Waals surface area contributed by atoms with E-state index in [-0.39, 0.29) is 0 Å². The zero-order valence-electron chi connectivity index (χ0n) is 13.7. The molecule has 0 aromatic carbocycles. The third-order valence-corrected chi connectivity index (χ3v) is 8.37. The summed E-state index contributed by atoms with van der Waals surface area (Å²) >= 11 is 0. The predicted molar refractivity (Wildman–Crippen MR) is 89.8 cm³/mol. The van der Waals surface area contributed by atoms with Crippen LogP contribution in [0.5, 0.6) is 11.8 Å². The van der Waals surface area contributed by atoms with Crippen LogP contribution in [-0.4, -0.2) is 41.9 Å². The molecule has 4 nitrogen and oxygen atoms in total. The number of fused-ring (bicyclic) bond motifs is 1. The normalized spacial score (nSPS) is 14.9. The minimum Gasteiger partial charge on any atom is -0.494 e. The van der Waals surface area contributed by atoms with E-state index in [0.717, 1.165) is 49.8 Å². The lowest BCUT2D eigenvalue weighted by Gasteiger charge is -2.24. The second-order valence-electron chi connectivity index (χ2n) is 6.27. The summed E-state index contributed by atoms with van der Waals surface area (Å²) in [6.07, 6.45) is 5.03. The topological polar surface area (TPSA) is 48.6 Å². The third-order valence-electron chi connectivity index (χ3n) is 4.98. The molecule has 0 saturated carbocycles. The Labute approximate surface area is 130 Å². The molecule has 0 fully saturated rings. The van der Waals surface area contributed by atoms with Crippen LogP contribution in [-0.2, 0) is 19.4 Å². The van der Waals surface area contributed by atoms with E-state index in [1.807, 2.05) is 0 Å². The summed E-state index contributed by atoms with van der Waals surface area (Å²) < 4.78 is 4.25. The molecule has 1 aromatic heterocycles. The van der Waals surface area contributed by atoms with E-state index in [0.29, 0.717) is 18.3 Å². The van der Waals surface area contributed by atoms with E-state index in [4.69, 9.17) is 0 Å². The van der Waals surface area contributed by atoms with Gasteiger partial charge in [-0.25, -0.2) is 0 Å². The van der Waals surface area contributed by atoms with Crippen molar-refractivity contribution in [3.63, 3.8) is 0 Å². The third kappa shape index (κ3) is 3.46. The fourth-order valence-electron chi connectivity index (χ4n) is 3.61. The fourth-order valence-corrected chi connectivity index (χ4v) is 5.98. The lowest BCUT2D eigenvalue weighted by molar-refractivity contribution is 0.353. The molecule has 5 heteroatoms. The van der Waals surface area contributed by atoms with Gasteiger partial charge in [0.1, 0.15) is 8.96 Å². The second kappa shape index (κ2) is 7.36. The maximum atomic E-state index is 10.3. The SMILES string of the molecule is CC[SiH](CC)N(C)CCCn1c(O)c2c(c1O)CCCC2. The summed E-state index contributed by atoms with van der Waals surface area (Å²) in [6.45, 7) is 6.34. The van der Waals surface area contributed by atoms with Crippen LogP contribution in [0.3, 0.4) is 0 Å². The monoisotopic (exact) mass is 310 g/mol. The minimum atomic E-state index is -0.744. The average molecular weight is 311 g/mol. The Kier molecular flexibility index (Phi) is 5.76. The van der Waals surface area contributed by atoms with Crippen LogP contribution in [0.4, 0.5) is 0 Å². The van der Waals surface area contributed by atoms with Crippen molar-refractivity contribution in [2.75, 3.05) is 13.6 Å². The average Bonchev–Trinajstić information content (AvgIpc) is 2.74. The second-order valence-corrected chi connectivity index (χ2v) is 10.1. The van der Waals surface area contributed by atoms with Crippen molar-refractivity contribution in [3.05, 3.63) is 11.1 Å². The highest BCUT2D eigenvalue weighted by Crippen LogP contribution is 2.38. The standard InChI is InChI=1S/C16H30N2O2Si/c1-4-21(5-2)17(3)11-8-12-18-15(19)13-9-6-7-10-14(13)16(18)20/h19-21H,4-12H2,1-3H3. The van der Waals surface area contributed by atoms with Gasteiger partial charge in [0.25, 0.3) is 0 Å². The molecule has 0 unspecified atom stereocenters. The molecule has 0 amide bonds. The van der Waals surface area contributed by atoms with Crippen molar-refractivity contribution in [2.24, 2.45) is 0 Å². The Morgan fingerprint density at radius 2 is 1.57 bits per heavy atom. The van der Waals surface area contributed by atoms with Crippen LogP contribution in [0.15, 0.2) is 0 Å². The van der Waals surface area contributed by atoms with E-state index >= 15 is 0 Å². The molecule has 21 heavy (non-hydrogen) atoms. The molecule has 0 aliphatic heterocycles. The number of hydrogen-bond acceptors (Lipinski definition) is 3. The molecule has 1 aliphatic carbocycles. The van der Waals surface area contributed by atoms with E-state index < -0.39 is 8.96 Å². The van der Waals surface area contributed by atoms with Gasteiger partial charge in [0.05, 0.1) is 0 Å². The Hall–Kier alpha value is -0.943. The number of nitrogens with zero attached hydrogens (tertiary/aromatic N) is 2. The van der Waals surface area contributed by atoms with Crippen LogP contribution in [0, 0.1) is 0 Å². The summed E-state index contributed by atoms with van der Waals surface area (Å²) in [5, 5.41) is 20.6. The highest BCUT2D eigenvalue weighted by Gasteiger charge is 2.24. The molecule has 0 spiro atoms.